The maximum atomic E-state index is 5.68. The highest BCUT2D eigenvalue weighted by molar-refractivity contribution is 5.86. The number of H-pyrrole nitrogens is 1. The summed E-state index contributed by atoms with van der Waals surface area (Å²) < 4.78 is 16.1. The predicted octanol–water partition coefficient (Wildman–Crippen LogP) is 2.44. The van der Waals surface area contributed by atoms with Gasteiger partial charge in [-0.25, -0.2) is 0 Å². The van der Waals surface area contributed by atoms with E-state index >= 15 is 0 Å². The quantitative estimate of drug-likeness (QED) is 0.662. The lowest BCUT2D eigenvalue weighted by Crippen LogP contribution is -2.32. The van der Waals surface area contributed by atoms with Crippen LogP contribution in [-0.2, 0) is 15.9 Å². The molecule has 0 saturated carbocycles. The highest BCUT2D eigenvalue weighted by atomic mass is 16.7. The molecule has 0 fully saturated rings. The van der Waals surface area contributed by atoms with Crippen LogP contribution >= 0.6 is 0 Å². The van der Waals surface area contributed by atoms with Gasteiger partial charge in [-0.2, -0.15) is 0 Å². The largest absolute Gasteiger partial charge is 0.467 e. The van der Waals surface area contributed by atoms with E-state index in [1.807, 2.05) is 24.3 Å². The third-order valence-electron chi connectivity index (χ3n) is 4.62. The summed E-state index contributed by atoms with van der Waals surface area (Å²) in [5.74, 6) is 0.721. The second kappa shape index (κ2) is 7.41. The van der Waals surface area contributed by atoms with Crippen molar-refractivity contribution in [2.45, 2.75) is 12.5 Å². The average Bonchev–Trinajstić information content (AvgIpc) is 3.05. The zero-order valence-corrected chi connectivity index (χ0v) is 14.9. The lowest BCUT2D eigenvalue weighted by Gasteiger charge is -2.24. The summed E-state index contributed by atoms with van der Waals surface area (Å²) in [7, 11) is 3.32. The van der Waals surface area contributed by atoms with E-state index in [0.717, 1.165) is 41.0 Å². The molecule has 0 amide bonds. The number of aromatic nitrogens is 3. The van der Waals surface area contributed by atoms with Gasteiger partial charge in [0.1, 0.15) is 5.75 Å². The fourth-order valence-corrected chi connectivity index (χ4v) is 3.50. The second-order valence-corrected chi connectivity index (χ2v) is 6.27. The average molecular weight is 354 g/mol. The van der Waals surface area contributed by atoms with Gasteiger partial charge in [-0.1, -0.05) is 12.1 Å². The molecule has 136 valence electrons. The first-order chi connectivity index (χ1) is 12.8. The zero-order valence-electron chi connectivity index (χ0n) is 14.9. The van der Waals surface area contributed by atoms with Crippen molar-refractivity contribution in [3.05, 3.63) is 41.6 Å². The van der Waals surface area contributed by atoms with Crippen LogP contribution in [-0.4, -0.2) is 49.3 Å². The van der Waals surface area contributed by atoms with Crippen LogP contribution in [0.1, 0.15) is 17.3 Å². The number of nitrogens with zero attached hydrogens (tertiary/aromatic N) is 2. The fraction of sp³-hybridized carbons (Fsp3) is 0.368. The molecule has 2 aromatic heterocycles. The van der Waals surface area contributed by atoms with Gasteiger partial charge in [0.15, 0.2) is 12.4 Å². The maximum Gasteiger partial charge on any atom is 0.188 e. The molecule has 0 saturated heterocycles. The Bertz CT molecular complexity index is 909. The molecule has 1 aromatic carbocycles. The smallest absolute Gasteiger partial charge is 0.188 e. The molecule has 1 aliphatic rings. The van der Waals surface area contributed by atoms with Crippen LogP contribution in [0.25, 0.3) is 22.3 Å². The van der Waals surface area contributed by atoms with Crippen LogP contribution < -0.4 is 10.1 Å². The van der Waals surface area contributed by atoms with E-state index in [1.54, 1.807) is 14.2 Å². The Kier molecular flexibility index (Phi) is 4.83. The molecular formula is C19H22N4O3. The summed E-state index contributed by atoms with van der Waals surface area (Å²) in [6.07, 6.45) is 0.939. The highest BCUT2D eigenvalue weighted by Crippen LogP contribution is 2.34. The van der Waals surface area contributed by atoms with Crippen molar-refractivity contribution < 1.29 is 14.2 Å². The molecular weight excluding hydrogens is 332 g/mol. The van der Waals surface area contributed by atoms with Crippen LogP contribution in [0.3, 0.4) is 0 Å². The number of fused-ring (bicyclic) bond motifs is 3. The summed E-state index contributed by atoms with van der Waals surface area (Å²) in [6, 6.07) is 9.99. The van der Waals surface area contributed by atoms with Gasteiger partial charge < -0.3 is 24.5 Å². The van der Waals surface area contributed by atoms with Crippen molar-refractivity contribution in [3.63, 3.8) is 0 Å². The number of benzene rings is 1. The Labute approximate surface area is 151 Å². The molecule has 26 heavy (non-hydrogen) atoms. The van der Waals surface area contributed by atoms with Crippen LogP contribution in [0.15, 0.2) is 30.3 Å². The molecule has 4 rings (SSSR count). The first kappa shape index (κ1) is 17.0. The van der Waals surface area contributed by atoms with Gasteiger partial charge in [-0.15, -0.1) is 10.2 Å². The lowest BCUT2D eigenvalue weighted by molar-refractivity contribution is 0.0515. The molecule has 7 heteroatoms. The number of hydrogen-bond donors (Lipinski definition) is 2. The van der Waals surface area contributed by atoms with Gasteiger partial charge in [0, 0.05) is 49.4 Å². The van der Waals surface area contributed by atoms with Crippen molar-refractivity contribution in [2.24, 2.45) is 0 Å². The van der Waals surface area contributed by atoms with Crippen molar-refractivity contribution >= 4 is 11.0 Å². The number of nitrogens with one attached hydrogen (secondary N) is 2. The number of ether oxygens (including phenoxy) is 3. The van der Waals surface area contributed by atoms with E-state index in [1.165, 1.54) is 11.3 Å². The summed E-state index contributed by atoms with van der Waals surface area (Å²) in [5, 5.41) is 13.4. The molecule has 3 heterocycles. The van der Waals surface area contributed by atoms with Crippen LogP contribution in [0, 0.1) is 0 Å². The van der Waals surface area contributed by atoms with E-state index in [-0.39, 0.29) is 12.8 Å². The summed E-state index contributed by atoms with van der Waals surface area (Å²) in [4.78, 5) is 3.41. The summed E-state index contributed by atoms with van der Waals surface area (Å²) in [5.41, 5.74) is 4.89. The van der Waals surface area contributed by atoms with Crippen molar-refractivity contribution in [3.8, 4) is 17.0 Å². The first-order valence-electron chi connectivity index (χ1n) is 8.63. The molecule has 1 aliphatic heterocycles. The zero-order chi connectivity index (χ0) is 17.9. The maximum absolute atomic E-state index is 5.68. The molecule has 0 aliphatic carbocycles. The normalized spacial score (nSPS) is 16.6. The Hall–Kier alpha value is -2.48. The second-order valence-electron chi connectivity index (χ2n) is 6.27. The monoisotopic (exact) mass is 354 g/mol. The van der Waals surface area contributed by atoms with E-state index in [2.05, 4.69) is 26.6 Å². The predicted molar refractivity (Wildman–Crippen MR) is 98.2 cm³/mol. The standard InChI is InChI=1S/C19H22N4O3/c1-24-10-16-18-13-9-15(12-5-3-4-6-17(12)26-11-25-2)22-23-19(13)21-14(18)7-8-20-16/h3-6,9,16,20H,7-8,10-11H2,1-2H3,(H,21,23). The Morgan fingerprint density at radius 1 is 1.15 bits per heavy atom. The molecule has 0 spiro atoms. The van der Waals surface area contributed by atoms with E-state index in [0.29, 0.717) is 6.61 Å². The lowest BCUT2D eigenvalue weighted by atomic mass is 9.98. The van der Waals surface area contributed by atoms with Crippen molar-refractivity contribution in [2.75, 3.05) is 34.2 Å². The van der Waals surface area contributed by atoms with Gasteiger partial charge in [0.25, 0.3) is 0 Å². The van der Waals surface area contributed by atoms with Gasteiger partial charge in [0.05, 0.1) is 18.3 Å². The number of aromatic amines is 1. The Balaban J connectivity index is 1.80. The third-order valence-corrected chi connectivity index (χ3v) is 4.62. The SMILES string of the molecule is COCOc1ccccc1-c1cc2c3c([nH]c2nn1)CCNC3COC. The topological polar surface area (TPSA) is 81.3 Å². The van der Waals surface area contributed by atoms with Crippen LogP contribution in [0.2, 0.25) is 0 Å². The van der Waals surface area contributed by atoms with E-state index in [4.69, 9.17) is 14.2 Å². The highest BCUT2D eigenvalue weighted by Gasteiger charge is 2.25. The number of methoxy groups -OCH3 is 2. The summed E-state index contributed by atoms with van der Waals surface area (Å²) in [6.45, 7) is 1.72. The molecule has 3 aromatic rings. The first-order valence-corrected chi connectivity index (χ1v) is 8.63. The molecule has 0 bridgehead atoms. The van der Waals surface area contributed by atoms with Gasteiger partial charge >= 0.3 is 0 Å². The van der Waals surface area contributed by atoms with Crippen LogP contribution in [0.4, 0.5) is 0 Å². The van der Waals surface area contributed by atoms with Gasteiger partial charge in [-0.3, -0.25) is 0 Å². The van der Waals surface area contributed by atoms with E-state index in [9.17, 15) is 0 Å². The van der Waals surface area contributed by atoms with Crippen molar-refractivity contribution in [1.82, 2.24) is 20.5 Å². The number of rotatable bonds is 6. The van der Waals surface area contributed by atoms with Crippen molar-refractivity contribution in [1.29, 1.82) is 0 Å². The Morgan fingerprint density at radius 3 is 2.88 bits per heavy atom. The molecule has 0 radical (unpaired) electrons. The fourth-order valence-electron chi connectivity index (χ4n) is 3.50. The minimum absolute atomic E-state index is 0.148. The molecule has 1 atom stereocenters. The summed E-state index contributed by atoms with van der Waals surface area (Å²) >= 11 is 0. The minimum atomic E-state index is 0.148. The van der Waals surface area contributed by atoms with Crippen LogP contribution in [0.5, 0.6) is 5.75 Å². The molecule has 1 unspecified atom stereocenters. The Morgan fingerprint density at radius 2 is 2.04 bits per heavy atom. The van der Waals surface area contributed by atoms with Gasteiger partial charge in [0.2, 0.25) is 0 Å². The third kappa shape index (κ3) is 3.05. The molecule has 7 nitrogen and oxygen atoms in total. The molecule has 2 N–H and O–H groups in total. The number of hydrogen-bond acceptors (Lipinski definition) is 6. The number of para-hydroxylation sites is 1. The van der Waals surface area contributed by atoms with Gasteiger partial charge in [-0.05, 0) is 18.2 Å². The minimum Gasteiger partial charge on any atom is -0.467 e. The van der Waals surface area contributed by atoms with E-state index < -0.39 is 0 Å².